The third kappa shape index (κ3) is 6.79. The van der Waals surface area contributed by atoms with Gasteiger partial charge in [-0.05, 0) is 48.5 Å². The van der Waals surface area contributed by atoms with Crippen molar-refractivity contribution in [1.82, 2.24) is 4.90 Å². The molecular weight excluding hydrogens is 250 g/mol. The third-order valence-electron chi connectivity index (χ3n) is 1.78. The smallest absolute Gasteiger partial charge is 0.420 e. The van der Waals surface area contributed by atoms with Gasteiger partial charge in [0.2, 0.25) is 0 Å². The molecule has 19 heavy (non-hydrogen) atoms. The maximum atomic E-state index is 11.9. The van der Waals surface area contributed by atoms with Crippen LogP contribution in [-0.2, 0) is 14.3 Å². The number of aldehydes is 1. The van der Waals surface area contributed by atoms with Crippen LogP contribution >= 0.6 is 0 Å². The molecule has 0 aromatic heterocycles. The molecule has 2 amide bonds. The van der Waals surface area contributed by atoms with E-state index in [4.69, 9.17) is 9.47 Å². The minimum Gasteiger partial charge on any atom is -0.443 e. The highest BCUT2D eigenvalue weighted by Crippen LogP contribution is 2.16. The monoisotopic (exact) mass is 273 g/mol. The second-order valence-electron chi connectivity index (χ2n) is 6.21. The van der Waals surface area contributed by atoms with Gasteiger partial charge in [-0.2, -0.15) is 0 Å². The second-order valence-corrected chi connectivity index (χ2v) is 6.21. The molecule has 0 bridgehead atoms. The highest BCUT2D eigenvalue weighted by atomic mass is 16.6. The number of hydrogen-bond acceptors (Lipinski definition) is 5. The van der Waals surface area contributed by atoms with Crippen LogP contribution in [-0.4, -0.2) is 40.6 Å². The fraction of sp³-hybridized carbons (Fsp3) is 0.769. The van der Waals surface area contributed by atoms with Crippen LogP contribution in [0.3, 0.4) is 0 Å². The van der Waals surface area contributed by atoms with Crippen molar-refractivity contribution in [2.75, 3.05) is 0 Å². The fourth-order valence-electron chi connectivity index (χ4n) is 1.09. The molecule has 0 aliphatic carbocycles. The number of ether oxygens (including phenoxy) is 2. The van der Waals surface area contributed by atoms with Crippen LogP contribution in [0.25, 0.3) is 0 Å². The summed E-state index contributed by atoms with van der Waals surface area (Å²) in [4.78, 5) is 35.4. The van der Waals surface area contributed by atoms with Gasteiger partial charge in [0.1, 0.15) is 17.5 Å². The van der Waals surface area contributed by atoms with Crippen molar-refractivity contribution in [3.05, 3.63) is 0 Å². The van der Waals surface area contributed by atoms with Gasteiger partial charge in [0.15, 0.2) is 0 Å². The van der Waals surface area contributed by atoms with Crippen LogP contribution in [0.15, 0.2) is 0 Å². The molecule has 0 spiro atoms. The Kier molecular flexibility index (Phi) is 5.53. The quantitative estimate of drug-likeness (QED) is 0.723. The van der Waals surface area contributed by atoms with Crippen LogP contribution in [0, 0.1) is 0 Å². The molecule has 6 nitrogen and oxygen atoms in total. The average Bonchev–Trinajstić information content (AvgIpc) is 2.11. The Bertz CT molecular complexity index is 323. The zero-order valence-corrected chi connectivity index (χ0v) is 12.6. The number of amides is 2. The molecule has 0 heterocycles. The van der Waals surface area contributed by atoms with Crippen LogP contribution in [0.4, 0.5) is 9.59 Å². The Morgan fingerprint density at radius 2 is 1.26 bits per heavy atom. The maximum Gasteiger partial charge on any atom is 0.420 e. The van der Waals surface area contributed by atoms with E-state index in [1.165, 1.54) is 6.92 Å². The van der Waals surface area contributed by atoms with Crippen LogP contribution in [0.1, 0.15) is 48.5 Å². The molecule has 0 rings (SSSR count). The van der Waals surface area contributed by atoms with Crippen LogP contribution in [0.5, 0.6) is 0 Å². The highest BCUT2D eigenvalue weighted by Gasteiger charge is 2.34. The van der Waals surface area contributed by atoms with E-state index in [-0.39, 0.29) is 0 Å². The maximum absolute atomic E-state index is 11.9. The lowest BCUT2D eigenvalue weighted by Crippen LogP contribution is -2.48. The van der Waals surface area contributed by atoms with E-state index in [0.29, 0.717) is 11.2 Å². The number of rotatable bonds is 2. The van der Waals surface area contributed by atoms with Crippen LogP contribution in [0.2, 0.25) is 0 Å². The second kappa shape index (κ2) is 6.04. The van der Waals surface area contributed by atoms with Gasteiger partial charge in [-0.25, -0.2) is 14.5 Å². The molecule has 1 unspecified atom stereocenters. The van der Waals surface area contributed by atoms with Crippen molar-refractivity contribution in [3.63, 3.8) is 0 Å². The van der Waals surface area contributed by atoms with E-state index in [1.54, 1.807) is 41.5 Å². The lowest BCUT2D eigenvalue weighted by Gasteiger charge is -2.30. The van der Waals surface area contributed by atoms with E-state index in [0.717, 1.165) is 0 Å². The molecule has 6 heteroatoms. The van der Waals surface area contributed by atoms with Gasteiger partial charge in [0.05, 0.1) is 6.04 Å². The van der Waals surface area contributed by atoms with Gasteiger partial charge in [-0.3, -0.25) is 0 Å². The van der Waals surface area contributed by atoms with Crippen molar-refractivity contribution in [1.29, 1.82) is 0 Å². The molecule has 0 aliphatic heterocycles. The Morgan fingerprint density at radius 1 is 0.947 bits per heavy atom. The molecule has 0 aromatic rings. The topological polar surface area (TPSA) is 72.9 Å². The first kappa shape index (κ1) is 17.4. The van der Waals surface area contributed by atoms with Crippen molar-refractivity contribution in [2.45, 2.75) is 65.7 Å². The standard InChI is InChI=1S/C13H23NO5/c1-9(8-15)14(10(16)18-12(2,3)4)11(17)19-13(5,6)7/h8-9H,1-7H3. The molecule has 1 atom stereocenters. The summed E-state index contributed by atoms with van der Waals surface area (Å²) in [6.45, 7) is 11.4. The molecule has 0 fully saturated rings. The summed E-state index contributed by atoms with van der Waals surface area (Å²) in [5.74, 6) is 0. The highest BCUT2D eigenvalue weighted by molar-refractivity contribution is 5.91. The molecule has 0 radical (unpaired) electrons. The van der Waals surface area contributed by atoms with E-state index in [9.17, 15) is 14.4 Å². The summed E-state index contributed by atoms with van der Waals surface area (Å²) in [7, 11) is 0. The molecule has 0 aromatic carbocycles. The van der Waals surface area contributed by atoms with Crippen LogP contribution < -0.4 is 0 Å². The molecule has 0 aliphatic rings. The van der Waals surface area contributed by atoms with E-state index in [2.05, 4.69) is 0 Å². The molecule has 0 saturated heterocycles. The number of nitrogens with zero attached hydrogens (tertiary/aromatic N) is 1. The van der Waals surface area contributed by atoms with Gasteiger partial charge in [0.25, 0.3) is 0 Å². The predicted octanol–water partition coefficient (Wildman–Crippen LogP) is 2.75. The lowest BCUT2D eigenvalue weighted by molar-refractivity contribution is -0.112. The molecule has 110 valence electrons. The van der Waals surface area contributed by atoms with Crippen molar-refractivity contribution in [3.8, 4) is 0 Å². The first-order valence-corrected chi connectivity index (χ1v) is 6.08. The summed E-state index contributed by atoms with van der Waals surface area (Å²) in [6.07, 6.45) is -1.32. The zero-order valence-electron chi connectivity index (χ0n) is 12.6. The van der Waals surface area contributed by atoms with Gasteiger partial charge in [-0.15, -0.1) is 0 Å². The van der Waals surface area contributed by atoms with E-state index < -0.39 is 29.4 Å². The fourth-order valence-corrected chi connectivity index (χ4v) is 1.09. The summed E-state index contributed by atoms with van der Waals surface area (Å²) < 4.78 is 10.2. The summed E-state index contributed by atoms with van der Waals surface area (Å²) in [6, 6.07) is -0.954. The van der Waals surface area contributed by atoms with Crippen molar-refractivity contribution in [2.24, 2.45) is 0 Å². The predicted molar refractivity (Wildman–Crippen MR) is 69.8 cm³/mol. The van der Waals surface area contributed by atoms with E-state index in [1.807, 2.05) is 0 Å². The number of imide groups is 1. The Labute approximate surface area is 114 Å². The van der Waals surface area contributed by atoms with E-state index >= 15 is 0 Å². The minimum atomic E-state index is -0.954. The Morgan fingerprint density at radius 3 is 1.47 bits per heavy atom. The van der Waals surface area contributed by atoms with Gasteiger partial charge in [0, 0.05) is 0 Å². The van der Waals surface area contributed by atoms with Crippen molar-refractivity contribution < 1.29 is 23.9 Å². The number of hydrogen-bond donors (Lipinski definition) is 0. The average molecular weight is 273 g/mol. The van der Waals surface area contributed by atoms with Crippen molar-refractivity contribution >= 4 is 18.5 Å². The van der Waals surface area contributed by atoms with Gasteiger partial charge >= 0.3 is 12.2 Å². The molecular formula is C13H23NO5. The Hall–Kier alpha value is -1.59. The molecule has 0 N–H and O–H groups in total. The molecule has 0 saturated carbocycles. The minimum absolute atomic E-state index is 0.480. The first-order valence-electron chi connectivity index (χ1n) is 6.08. The number of carbonyl (C=O) groups is 3. The SMILES string of the molecule is CC(C=O)N(C(=O)OC(C)(C)C)C(=O)OC(C)(C)C. The van der Waals surface area contributed by atoms with Gasteiger partial charge < -0.3 is 14.3 Å². The largest absolute Gasteiger partial charge is 0.443 e. The van der Waals surface area contributed by atoms with Gasteiger partial charge in [-0.1, -0.05) is 0 Å². The normalized spacial score (nSPS) is 13.4. The summed E-state index contributed by atoms with van der Waals surface area (Å²) in [5, 5.41) is 0. The summed E-state index contributed by atoms with van der Waals surface area (Å²) in [5.41, 5.74) is -1.53. The zero-order chi connectivity index (χ0) is 15.4. The number of carbonyl (C=O) groups excluding carboxylic acids is 3. The summed E-state index contributed by atoms with van der Waals surface area (Å²) >= 11 is 0. The Balaban J connectivity index is 5.07. The lowest BCUT2D eigenvalue weighted by atomic mass is 10.2. The third-order valence-corrected chi connectivity index (χ3v) is 1.78. The first-order chi connectivity index (χ1) is 8.37.